The molecule has 2 nitrogen and oxygen atoms in total. The summed E-state index contributed by atoms with van der Waals surface area (Å²) in [7, 11) is 0. The van der Waals surface area contributed by atoms with Gasteiger partial charge in [0.1, 0.15) is 0 Å². The lowest BCUT2D eigenvalue weighted by Crippen LogP contribution is -2.44. The standard InChI is InChI=1S/C16H22BrNO/c1-11(2)12-7-4-6-10-15(12)18-16(19)13-8-3-5-9-14(13)17/h3,5,8-9,11-12,15H,4,6-7,10H2,1-2H3,(H,18,19). The zero-order valence-corrected chi connectivity index (χ0v) is 13.2. The number of halogens is 1. The maximum absolute atomic E-state index is 12.4. The molecule has 0 aromatic heterocycles. The minimum Gasteiger partial charge on any atom is -0.349 e. The van der Waals surface area contributed by atoms with Gasteiger partial charge >= 0.3 is 0 Å². The number of benzene rings is 1. The molecule has 0 bridgehead atoms. The summed E-state index contributed by atoms with van der Waals surface area (Å²) in [5.74, 6) is 1.29. The van der Waals surface area contributed by atoms with E-state index in [1.165, 1.54) is 19.3 Å². The third-order valence-corrected chi connectivity index (χ3v) is 4.80. The molecule has 0 saturated heterocycles. The Hall–Kier alpha value is -0.830. The van der Waals surface area contributed by atoms with Crippen LogP contribution in [-0.4, -0.2) is 11.9 Å². The third kappa shape index (κ3) is 3.59. The highest BCUT2D eigenvalue weighted by Gasteiger charge is 2.29. The molecule has 104 valence electrons. The van der Waals surface area contributed by atoms with Crippen LogP contribution in [0.2, 0.25) is 0 Å². The fourth-order valence-corrected chi connectivity index (χ4v) is 3.49. The van der Waals surface area contributed by atoms with Crippen molar-refractivity contribution >= 4 is 21.8 Å². The molecule has 2 rings (SSSR count). The van der Waals surface area contributed by atoms with Crippen molar-refractivity contribution in [3.63, 3.8) is 0 Å². The number of hydrogen-bond donors (Lipinski definition) is 1. The van der Waals surface area contributed by atoms with Gasteiger partial charge in [0.15, 0.2) is 0 Å². The summed E-state index contributed by atoms with van der Waals surface area (Å²) in [5.41, 5.74) is 0.732. The Balaban J connectivity index is 2.07. The molecule has 1 aromatic rings. The van der Waals surface area contributed by atoms with Gasteiger partial charge in [0, 0.05) is 10.5 Å². The minimum absolute atomic E-state index is 0.0463. The Labute approximate surface area is 124 Å². The van der Waals surface area contributed by atoms with Gasteiger partial charge in [0.05, 0.1) is 5.56 Å². The lowest BCUT2D eigenvalue weighted by Gasteiger charge is -2.35. The Morgan fingerprint density at radius 2 is 1.95 bits per heavy atom. The van der Waals surface area contributed by atoms with Crippen molar-refractivity contribution in [2.75, 3.05) is 0 Å². The van der Waals surface area contributed by atoms with Gasteiger partial charge in [-0.1, -0.05) is 38.8 Å². The smallest absolute Gasteiger partial charge is 0.252 e. The summed E-state index contributed by atoms with van der Waals surface area (Å²) in [5, 5.41) is 3.24. The van der Waals surface area contributed by atoms with Crippen LogP contribution in [-0.2, 0) is 0 Å². The summed E-state index contributed by atoms with van der Waals surface area (Å²) in [6.07, 6.45) is 4.87. The average molecular weight is 324 g/mol. The van der Waals surface area contributed by atoms with Crippen LogP contribution in [0, 0.1) is 11.8 Å². The van der Waals surface area contributed by atoms with Crippen LogP contribution in [0.4, 0.5) is 0 Å². The van der Waals surface area contributed by atoms with E-state index in [9.17, 15) is 4.79 Å². The minimum atomic E-state index is 0.0463. The SMILES string of the molecule is CC(C)C1CCCCC1NC(=O)c1ccccc1Br. The van der Waals surface area contributed by atoms with Gasteiger partial charge in [-0.3, -0.25) is 4.79 Å². The van der Waals surface area contributed by atoms with E-state index in [0.29, 0.717) is 17.9 Å². The lowest BCUT2D eigenvalue weighted by molar-refractivity contribution is 0.0888. The molecule has 0 heterocycles. The first-order chi connectivity index (χ1) is 9.09. The monoisotopic (exact) mass is 323 g/mol. The molecule has 0 spiro atoms. The van der Waals surface area contributed by atoms with Gasteiger partial charge < -0.3 is 5.32 Å². The number of rotatable bonds is 3. The molecule has 2 unspecified atom stereocenters. The van der Waals surface area contributed by atoms with E-state index in [0.717, 1.165) is 16.5 Å². The zero-order valence-electron chi connectivity index (χ0n) is 11.7. The highest BCUT2D eigenvalue weighted by atomic mass is 79.9. The molecule has 1 amide bonds. The molecule has 1 aliphatic carbocycles. The van der Waals surface area contributed by atoms with Crippen LogP contribution in [0.25, 0.3) is 0 Å². The molecule has 1 fully saturated rings. The molecule has 0 radical (unpaired) electrons. The summed E-state index contributed by atoms with van der Waals surface area (Å²) < 4.78 is 0.865. The highest BCUT2D eigenvalue weighted by Crippen LogP contribution is 2.30. The van der Waals surface area contributed by atoms with Crippen molar-refractivity contribution in [3.05, 3.63) is 34.3 Å². The van der Waals surface area contributed by atoms with Crippen molar-refractivity contribution in [2.24, 2.45) is 11.8 Å². The molecule has 1 N–H and O–H groups in total. The lowest BCUT2D eigenvalue weighted by atomic mass is 9.78. The Bertz CT molecular complexity index is 444. The van der Waals surface area contributed by atoms with E-state index in [2.05, 4.69) is 35.1 Å². The van der Waals surface area contributed by atoms with Gasteiger partial charge in [-0.25, -0.2) is 0 Å². The molecule has 3 heteroatoms. The van der Waals surface area contributed by atoms with Crippen molar-refractivity contribution in [2.45, 2.75) is 45.6 Å². The topological polar surface area (TPSA) is 29.1 Å². The van der Waals surface area contributed by atoms with Gasteiger partial charge in [-0.15, -0.1) is 0 Å². The van der Waals surface area contributed by atoms with Gasteiger partial charge in [-0.2, -0.15) is 0 Å². The molecule has 1 aliphatic rings. The van der Waals surface area contributed by atoms with Crippen LogP contribution in [0.3, 0.4) is 0 Å². The van der Waals surface area contributed by atoms with Gasteiger partial charge in [0.25, 0.3) is 5.91 Å². The number of carbonyl (C=O) groups is 1. The first kappa shape index (κ1) is 14.6. The van der Waals surface area contributed by atoms with Crippen molar-refractivity contribution in [1.82, 2.24) is 5.32 Å². The second-order valence-electron chi connectivity index (χ2n) is 5.75. The van der Waals surface area contributed by atoms with Crippen molar-refractivity contribution < 1.29 is 4.79 Å². The predicted molar refractivity (Wildman–Crippen MR) is 82.2 cm³/mol. The maximum Gasteiger partial charge on any atom is 0.252 e. The number of carbonyl (C=O) groups excluding carboxylic acids is 1. The van der Waals surface area contributed by atoms with E-state index in [1.807, 2.05) is 24.3 Å². The molecule has 2 atom stereocenters. The van der Waals surface area contributed by atoms with Crippen LogP contribution in [0.15, 0.2) is 28.7 Å². The Morgan fingerprint density at radius 3 is 2.63 bits per heavy atom. The normalized spacial score (nSPS) is 23.4. The highest BCUT2D eigenvalue weighted by molar-refractivity contribution is 9.10. The molecular weight excluding hydrogens is 302 g/mol. The molecule has 1 saturated carbocycles. The first-order valence-corrected chi connectivity index (χ1v) is 7.94. The number of amides is 1. The summed E-state index contributed by atoms with van der Waals surface area (Å²) in [4.78, 5) is 12.4. The molecule has 1 aromatic carbocycles. The Morgan fingerprint density at radius 1 is 1.26 bits per heavy atom. The number of nitrogens with one attached hydrogen (secondary N) is 1. The first-order valence-electron chi connectivity index (χ1n) is 7.15. The van der Waals surface area contributed by atoms with Crippen molar-refractivity contribution in [3.8, 4) is 0 Å². The van der Waals surface area contributed by atoms with E-state index < -0.39 is 0 Å². The number of hydrogen-bond acceptors (Lipinski definition) is 1. The van der Waals surface area contributed by atoms with Crippen LogP contribution < -0.4 is 5.32 Å². The predicted octanol–water partition coefficient (Wildman–Crippen LogP) is 4.39. The van der Waals surface area contributed by atoms with E-state index in [1.54, 1.807) is 0 Å². The van der Waals surface area contributed by atoms with Crippen LogP contribution >= 0.6 is 15.9 Å². The van der Waals surface area contributed by atoms with Gasteiger partial charge in [-0.05, 0) is 52.7 Å². The fourth-order valence-electron chi connectivity index (χ4n) is 3.03. The summed E-state index contributed by atoms with van der Waals surface area (Å²) in [6.45, 7) is 4.52. The third-order valence-electron chi connectivity index (χ3n) is 4.11. The van der Waals surface area contributed by atoms with E-state index >= 15 is 0 Å². The molecule has 19 heavy (non-hydrogen) atoms. The zero-order chi connectivity index (χ0) is 13.8. The maximum atomic E-state index is 12.4. The van der Waals surface area contributed by atoms with E-state index in [-0.39, 0.29) is 5.91 Å². The molecular formula is C16H22BrNO. The quantitative estimate of drug-likeness (QED) is 0.877. The fraction of sp³-hybridized carbons (Fsp3) is 0.562. The van der Waals surface area contributed by atoms with E-state index in [4.69, 9.17) is 0 Å². The van der Waals surface area contributed by atoms with Gasteiger partial charge in [0.2, 0.25) is 0 Å². The second-order valence-corrected chi connectivity index (χ2v) is 6.61. The Kier molecular flexibility index (Phi) is 5.03. The molecule has 0 aliphatic heterocycles. The second kappa shape index (κ2) is 6.56. The average Bonchev–Trinajstić information content (AvgIpc) is 2.39. The summed E-state index contributed by atoms with van der Waals surface area (Å²) in [6, 6.07) is 7.94. The van der Waals surface area contributed by atoms with Crippen molar-refractivity contribution in [1.29, 1.82) is 0 Å². The summed E-state index contributed by atoms with van der Waals surface area (Å²) >= 11 is 3.44. The largest absolute Gasteiger partial charge is 0.349 e. The van der Waals surface area contributed by atoms with Crippen LogP contribution in [0.5, 0.6) is 0 Å². The van der Waals surface area contributed by atoms with Crippen LogP contribution in [0.1, 0.15) is 49.9 Å².